The van der Waals surface area contributed by atoms with Gasteiger partial charge < -0.3 is 10.1 Å². The summed E-state index contributed by atoms with van der Waals surface area (Å²) in [7, 11) is 2.05. The van der Waals surface area contributed by atoms with Crippen molar-refractivity contribution in [1.82, 2.24) is 5.32 Å². The molecule has 2 rings (SSSR count). The second kappa shape index (κ2) is 4.25. The minimum atomic E-state index is 0.439. The zero-order valence-electron chi connectivity index (χ0n) is 8.38. The van der Waals surface area contributed by atoms with Gasteiger partial charge in [0.25, 0.3) is 0 Å². The number of hydrogen-bond donors (Lipinski definition) is 1. The highest BCUT2D eigenvalue weighted by molar-refractivity contribution is 5.17. The van der Waals surface area contributed by atoms with E-state index in [0.29, 0.717) is 12.1 Å². The first-order valence-electron chi connectivity index (χ1n) is 5.39. The summed E-state index contributed by atoms with van der Waals surface area (Å²) >= 11 is 0. The van der Waals surface area contributed by atoms with Crippen LogP contribution in [0.3, 0.4) is 0 Å². The van der Waals surface area contributed by atoms with Crippen molar-refractivity contribution in [3.63, 3.8) is 0 Å². The quantitative estimate of drug-likeness (QED) is 0.671. The van der Waals surface area contributed by atoms with E-state index in [0.717, 1.165) is 6.61 Å². The van der Waals surface area contributed by atoms with E-state index in [1.807, 2.05) is 7.05 Å². The molecule has 2 heteroatoms. The lowest BCUT2D eigenvalue weighted by Crippen LogP contribution is -2.38. The molecule has 0 spiro atoms. The van der Waals surface area contributed by atoms with Gasteiger partial charge in [0.1, 0.15) is 0 Å². The molecule has 0 bridgehead atoms. The molecule has 0 aromatic carbocycles. The predicted molar refractivity (Wildman–Crippen MR) is 53.8 cm³/mol. The molecule has 0 aromatic rings. The Morgan fingerprint density at radius 2 is 2.46 bits per heavy atom. The number of hydrogen-bond acceptors (Lipinski definition) is 2. The van der Waals surface area contributed by atoms with Gasteiger partial charge in [-0.05, 0) is 39.2 Å². The van der Waals surface area contributed by atoms with Crippen LogP contribution in [0.4, 0.5) is 0 Å². The largest absolute Gasteiger partial charge is 0.376 e. The van der Waals surface area contributed by atoms with Crippen molar-refractivity contribution in [3.8, 4) is 0 Å². The van der Waals surface area contributed by atoms with E-state index in [1.165, 1.54) is 32.1 Å². The maximum absolute atomic E-state index is 5.72. The first-order chi connectivity index (χ1) is 6.42. The molecule has 1 aliphatic carbocycles. The molecular weight excluding hydrogens is 162 g/mol. The van der Waals surface area contributed by atoms with Gasteiger partial charge in [0.15, 0.2) is 0 Å². The fourth-order valence-corrected chi connectivity index (χ4v) is 2.45. The standard InChI is InChI=1S/C11H19NO/c1-12-11(9-5-2-3-6-9)10-7-4-8-13-10/h5,10-12H,2-4,6-8H2,1H3. The van der Waals surface area contributed by atoms with Crippen molar-refractivity contribution in [3.05, 3.63) is 11.6 Å². The minimum Gasteiger partial charge on any atom is -0.376 e. The summed E-state index contributed by atoms with van der Waals surface area (Å²) in [5.41, 5.74) is 1.58. The number of nitrogens with one attached hydrogen (secondary N) is 1. The van der Waals surface area contributed by atoms with Crippen LogP contribution in [-0.4, -0.2) is 25.8 Å². The summed E-state index contributed by atoms with van der Waals surface area (Å²) in [6.45, 7) is 0.954. The van der Waals surface area contributed by atoms with Gasteiger partial charge in [0.05, 0.1) is 12.1 Å². The number of ether oxygens (including phenoxy) is 1. The van der Waals surface area contributed by atoms with E-state index in [4.69, 9.17) is 4.74 Å². The SMILES string of the molecule is CNC(C1=CCCC1)C1CCCO1. The van der Waals surface area contributed by atoms with Gasteiger partial charge in [-0.3, -0.25) is 0 Å². The lowest BCUT2D eigenvalue weighted by Gasteiger charge is -2.23. The molecule has 1 fully saturated rings. The van der Waals surface area contributed by atoms with Crippen molar-refractivity contribution < 1.29 is 4.74 Å². The van der Waals surface area contributed by atoms with Crippen LogP contribution < -0.4 is 5.32 Å². The lowest BCUT2D eigenvalue weighted by molar-refractivity contribution is 0.0900. The van der Waals surface area contributed by atoms with Crippen LogP contribution in [0.5, 0.6) is 0 Å². The van der Waals surface area contributed by atoms with Gasteiger partial charge in [-0.1, -0.05) is 11.6 Å². The molecule has 0 radical (unpaired) electrons. The van der Waals surface area contributed by atoms with Crippen LogP contribution in [0, 0.1) is 0 Å². The monoisotopic (exact) mass is 181 g/mol. The minimum absolute atomic E-state index is 0.439. The molecule has 1 heterocycles. The van der Waals surface area contributed by atoms with Crippen molar-refractivity contribution in [2.75, 3.05) is 13.7 Å². The predicted octanol–water partition coefficient (Wildman–Crippen LogP) is 1.86. The average Bonchev–Trinajstić information content (AvgIpc) is 2.76. The summed E-state index contributed by atoms with van der Waals surface area (Å²) in [6.07, 6.45) is 9.16. The molecule has 0 aromatic heterocycles. The number of likely N-dealkylation sites (N-methyl/N-ethyl adjacent to an activating group) is 1. The van der Waals surface area contributed by atoms with E-state index in [1.54, 1.807) is 5.57 Å². The molecular formula is C11H19NO. The third-order valence-electron chi connectivity index (χ3n) is 3.12. The zero-order valence-corrected chi connectivity index (χ0v) is 8.38. The Labute approximate surface area is 80.4 Å². The van der Waals surface area contributed by atoms with Crippen LogP contribution >= 0.6 is 0 Å². The molecule has 0 saturated carbocycles. The molecule has 13 heavy (non-hydrogen) atoms. The summed E-state index contributed by atoms with van der Waals surface area (Å²) in [5, 5.41) is 3.39. The van der Waals surface area contributed by atoms with Crippen molar-refractivity contribution in [2.45, 2.75) is 44.2 Å². The summed E-state index contributed by atoms with van der Waals surface area (Å²) in [4.78, 5) is 0. The van der Waals surface area contributed by atoms with E-state index in [9.17, 15) is 0 Å². The maximum Gasteiger partial charge on any atom is 0.0767 e. The van der Waals surface area contributed by atoms with Crippen LogP contribution in [0.15, 0.2) is 11.6 Å². The van der Waals surface area contributed by atoms with Gasteiger partial charge in [-0.25, -0.2) is 0 Å². The van der Waals surface area contributed by atoms with E-state index < -0.39 is 0 Å². The van der Waals surface area contributed by atoms with Crippen molar-refractivity contribution >= 4 is 0 Å². The maximum atomic E-state index is 5.72. The molecule has 74 valence electrons. The molecule has 0 amide bonds. The first kappa shape index (κ1) is 9.22. The zero-order chi connectivity index (χ0) is 9.10. The topological polar surface area (TPSA) is 21.3 Å². The Kier molecular flexibility index (Phi) is 3.01. The third kappa shape index (κ3) is 1.94. The molecule has 2 nitrogen and oxygen atoms in total. The number of rotatable bonds is 3. The normalized spacial score (nSPS) is 30.5. The van der Waals surface area contributed by atoms with Crippen molar-refractivity contribution in [1.29, 1.82) is 0 Å². The first-order valence-corrected chi connectivity index (χ1v) is 5.39. The fraction of sp³-hybridized carbons (Fsp3) is 0.818. The van der Waals surface area contributed by atoms with Crippen LogP contribution in [0.25, 0.3) is 0 Å². The van der Waals surface area contributed by atoms with E-state index in [2.05, 4.69) is 11.4 Å². The lowest BCUT2D eigenvalue weighted by atomic mass is 9.99. The fourth-order valence-electron chi connectivity index (χ4n) is 2.45. The van der Waals surface area contributed by atoms with E-state index in [-0.39, 0.29) is 0 Å². The van der Waals surface area contributed by atoms with Gasteiger partial charge in [0, 0.05) is 6.61 Å². The highest BCUT2D eigenvalue weighted by Gasteiger charge is 2.28. The Balaban J connectivity index is 1.98. The highest BCUT2D eigenvalue weighted by Crippen LogP contribution is 2.27. The Morgan fingerprint density at radius 1 is 1.54 bits per heavy atom. The average molecular weight is 181 g/mol. The molecule has 2 unspecified atom stereocenters. The third-order valence-corrected chi connectivity index (χ3v) is 3.12. The van der Waals surface area contributed by atoms with E-state index >= 15 is 0 Å². The Morgan fingerprint density at radius 3 is 3.00 bits per heavy atom. The second-order valence-corrected chi connectivity index (χ2v) is 3.99. The van der Waals surface area contributed by atoms with Gasteiger partial charge in [0.2, 0.25) is 0 Å². The second-order valence-electron chi connectivity index (χ2n) is 3.99. The molecule has 2 aliphatic rings. The van der Waals surface area contributed by atoms with Crippen LogP contribution in [0.1, 0.15) is 32.1 Å². The molecule has 1 aliphatic heterocycles. The summed E-state index contributed by atoms with van der Waals surface area (Å²) in [6, 6.07) is 0.491. The smallest absolute Gasteiger partial charge is 0.0767 e. The highest BCUT2D eigenvalue weighted by atomic mass is 16.5. The summed E-state index contributed by atoms with van der Waals surface area (Å²) in [5.74, 6) is 0. The molecule has 1 saturated heterocycles. The Bertz CT molecular complexity index is 194. The van der Waals surface area contributed by atoms with Crippen LogP contribution in [0.2, 0.25) is 0 Å². The molecule has 1 N–H and O–H groups in total. The van der Waals surface area contributed by atoms with Crippen molar-refractivity contribution in [2.24, 2.45) is 0 Å². The van der Waals surface area contributed by atoms with Gasteiger partial charge in [-0.15, -0.1) is 0 Å². The van der Waals surface area contributed by atoms with Gasteiger partial charge >= 0.3 is 0 Å². The molecule has 2 atom stereocenters. The summed E-state index contributed by atoms with van der Waals surface area (Å²) < 4.78 is 5.72. The van der Waals surface area contributed by atoms with Crippen LogP contribution in [-0.2, 0) is 4.74 Å². The Hall–Kier alpha value is -0.340. The number of allylic oxidation sites excluding steroid dienone is 1. The van der Waals surface area contributed by atoms with Gasteiger partial charge in [-0.2, -0.15) is 0 Å².